The predicted molar refractivity (Wildman–Crippen MR) is 139 cm³/mol. The van der Waals surface area contributed by atoms with Gasteiger partial charge in [0.25, 0.3) is 0 Å². The van der Waals surface area contributed by atoms with Crippen molar-refractivity contribution in [2.24, 2.45) is 0 Å². The van der Waals surface area contributed by atoms with E-state index in [1.807, 2.05) is 25.1 Å². The third-order valence-electron chi connectivity index (χ3n) is 7.17. The first-order valence-corrected chi connectivity index (χ1v) is 12.4. The fourth-order valence-electron chi connectivity index (χ4n) is 4.76. The average molecular weight is 564 g/mol. The zero-order valence-electron chi connectivity index (χ0n) is 22.2. The monoisotopic (exact) mass is 563 g/mol. The molecule has 1 aliphatic rings. The summed E-state index contributed by atoms with van der Waals surface area (Å²) >= 11 is 0. The number of carbonyl (C=O) groups is 2. The first kappa shape index (κ1) is 29.1. The van der Waals surface area contributed by atoms with Crippen molar-refractivity contribution in [3.8, 4) is 11.1 Å². The number of aryl methyl sites for hydroxylation is 1. The minimum absolute atomic E-state index is 0.0375. The fourth-order valence-corrected chi connectivity index (χ4v) is 4.76. The molecule has 2 heterocycles. The molecule has 0 aliphatic carbocycles. The van der Waals surface area contributed by atoms with E-state index < -0.39 is 40.4 Å². The number of hydrogen-bond donors (Lipinski definition) is 0. The van der Waals surface area contributed by atoms with E-state index in [1.54, 1.807) is 17.0 Å². The largest absolute Gasteiger partial charge is 0.416 e. The maximum atomic E-state index is 13.8. The number of benzene rings is 2. The van der Waals surface area contributed by atoms with Gasteiger partial charge >= 0.3 is 12.4 Å². The molecule has 212 valence electrons. The Morgan fingerprint density at radius 1 is 0.900 bits per heavy atom. The van der Waals surface area contributed by atoms with Crippen LogP contribution in [0.25, 0.3) is 11.1 Å². The Kier molecular flexibility index (Phi) is 7.46. The van der Waals surface area contributed by atoms with Gasteiger partial charge in [0.2, 0.25) is 5.91 Å². The molecule has 11 heteroatoms. The van der Waals surface area contributed by atoms with Crippen LogP contribution in [0.1, 0.15) is 42.5 Å². The topological polar surface area (TPSA) is 53.5 Å². The van der Waals surface area contributed by atoms with Crippen molar-refractivity contribution in [2.45, 2.75) is 45.0 Å². The molecule has 0 radical (unpaired) electrons. The Labute approximate surface area is 227 Å². The van der Waals surface area contributed by atoms with Crippen LogP contribution >= 0.6 is 0 Å². The second kappa shape index (κ2) is 10.3. The van der Waals surface area contributed by atoms with Crippen LogP contribution in [0.5, 0.6) is 0 Å². The van der Waals surface area contributed by atoms with Gasteiger partial charge < -0.3 is 9.80 Å². The van der Waals surface area contributed by atoms with Crippen molar-refractivity contribution in [1.29, 1.82) is 0 Å². The highest BCUT2D eigenvalue weighted by Crippen LogP contribution is 2.41. The van der Waals surface area contributed by atoms with E-state index in [0.29, 0.717) is 42.2 Å². The van der Waals surface area contributed by atoms with Crippen LogP contribution in [-0.2, 0) is 27.4 Å². The second-order valence-corrected chi connectivity index (χ2v) is 10.4. The molecule has 0 saturated carbocycles. The van der Waals surface area contributed by atoms with Crippen LogP contribution in [0.3, 0.4) is 0 Å². The Morgan fingerprint density at radius 3 is 2.00 bits per heavy atom. The van der Waals surface area contributed by atoms with Crippen LogP contribution in [0.4, 0.5) is 37.8 Å². The molecule has 4 rings (SSSR count). The molecule has 5 nitrogen and oxygen atoms in total. The molecule has 40 heavy (non-hydrogen) atoms. The molecule has 2 aromatic carbocycles. The Bertz CT molecular complexity index is 1430. The van der Waals surface area contributed by atoms with Crippen LogP contribution in [0.2, 0.25) is 0 Å². The number of anilines is 2. The number of halogens is 6. The highest BCUT2D eigenvalue weighted by atomic mass is 19.4. The van der Waals surface area contributed by atoms with Gasteiger partial charge in [-0.25, -0.2) is 4.98 Å². The van der Waals surface area contributed by atoms with E-state index in [-0.39, 0.29) is 18.4 Å². The summed E-state index contributed by atoms with van der Waals surface area (Å²) < 4.78 is 81.1. The normalized spacial score (nSPS) is 14.6. The van der Waals surface area contributed by atoms with Gasteiger partial charge in [0.1, 0.15) is 5.82 Å². The lowest BCUT2D eigenvalue weighted by Gasteiger charge is -2.32. The molecule has 1 saturated heterocycles. The second-order valence-electron chi connectivity index (χ2n) is 10.4. The van der Waals surface area contributed by atoms with Gasteiger partial charge in [-0.2, -0.15) is 26.3 Å². The number of Topliss-reactive ketones (excluding diaryl/α,β-unsaturated/α-hetero) is 1. The first-order valence-electron chi connectivity index (χ1n) is 12.4. The van der Waals surface area contributed by atoms with Crippen LogP contribution in [0, 0.1) is 6.92 Å². The van der Waals surface area contributed by atoms with E-state index in [1.165, 1.54) is 32.0 Å². The maximum absolute atomic E-state index is 13.8. The number of rotatable bonds is 5. The van der Waals surface area contributed by atoms with Gasteiger partial charge in [-0.1, -0.05) is 24.3 Å². The molecule has 1 aliphatic heterocycles. The minimum Gasteiger partial charge on any atom is -0.349 e. The quantitative estimate of drug-likeness (QED) is 0.320. The zero-order valence-corrected chi connectivity index (χ0v) is 22.2. The number of nitrogens with zero attached hydrogens (tertiary/aromatic N) is 3. The summed E-state index contributed by atoms with van der Waals surface area (Å²) in [4.78, 5) is 33.1. The molecule has 0 bridgehead atoms. The molecule has 0 N–H and O–H groups in total. The van der Waals surface area contributed by atoms with E-state index in [9.17, 15) is 35.9 Å². The van der Waals surface area contributed by atoms with E-state index in [4.69, 9.17) is 0 Å². The maximum Gasteiger partial charge on any atom is 0.416 e. The van der Waals surface area contributed by atoms with Crippen molar-refractivity contribution in [1.82, 2.24) is 4.98 Å². The summed E-state index contributed by atoms with van der Waals surface area (Å²) in [6, 6.07) is 10.3. The first-order chi connectivity index (χ1) is 18.5. The van der Waals surface area contributed by atoms with Gasteiger partial charge in [0.05, 0.1) is 35.0 Å². The molecule has 1 aromatic heterocycles. The number of alkyl halides is 6. The summed E-state index contributed by atoms with van der Waals surface area (Å²) in [6.07, 6.45) is -8.28. The van der Waals surface area contributed by atoms with E-state index in [0.717, 1.165) is 11.1 Å². The molecule has 3 aromatic rings. The summed E-state index contributed by atoms with van der Waals surface area (Å²) in [6.45, 7) is 5.11. The molecule has 0 unspecified atom stereocenters. The third kappa shape index (κ3) is 5.68. The lowest BCUT2D eigenvalue weighted by molar-refractivity contribution is -0.143. The zero-order chi connectivity index (χ0) is 29.6. The molecule has 0 atom stereocenters. The van der Waals surface area contributed by atoms with Crippen molar-refractivity contribution >= 4 is 23.2 Å². The lowest BCUT2D eigenvalue weighted by Crippen LogP contribution is -2.42. The smallest absolute Gasteiger partial charge is 0.349 e. The molecule has 1 fully saturated rings. The number of amides is 1. The number of ketones is 1. The van der Waals surface area contributed by atoms with Gasteiger partial charge in [0, 0.05) is 25.6 Å². The highest BCUT2D eigenvalue weighted by molar-refractivity contribution is 6.03. The number of hydrogen-bond acceptors (Lipinski definition) is 4. The Balaban J connectivity index is 1.81. The third-order valence-corrected chi connectivity index (χ3v) is 7.17. The Morgan fingerprint density at radius 2 is 1.48 bits per heavy atom. The van der Waals surface area contributed by atoms with Crippen LogP contribution < -0.4 is 9.80 Å². The summed E-state index contributed by atoms with van der Waals surface area (Å²) in [5.41, 5.74) is -2.68. The molecular weight excluding hydrogens is 536 g/mol. The van der Waals surface area contributed by atoms with Gasteiger partial charge in [-0.15, -0.1) is 0 Å². The highest BCUT2D eigenvalue weighted by Gasteiger charge is 2.41. The SMILES string of the molecule is Cc1ccccc1-c1cc(N2CCC(=O)C2)ncc1N(C)C(=O)C(C)(C)c1cc(C(F)(F)F)cc(C(F)(F)F)c1. The summed E-state index contributed by atoms with van der Waals surface area (Å²) in [7, 11) is 1.40. The molecule has 0 spiro atoms. The van der Waals surface area contributed by atoms with Crippen LogP contribution in [0.15, 0.2) is 54.7 Å². The summed E-state index contributed by atoms with van der Waals surface area (Å²) in [5.74, 6) is -0.155. The lowest BCUT2D eigenvalue weighted by atomic mass is 9.81. The van der Waals surface area contributed by atoms with Crippen molar-refractivity contribution in [3.05, 3.63) is 77.0 Å². The van der Waals surface area contributed by atoms with Gasteiger partial charge in [-0.3, -0.25) is 9.59 Å². The number of likely N-dealkylation sites (N-methyl/N-ethyl adjacent to an activating group) is 1. The predicted octanol–water partition coefficient (Wildman–Crippen LogP) is 6.81. The minimum atomic E-state index is -5.05. The summed E-state index contributed by atoms with van der Waals surface area (Å²) in [5, 5.41) is 0. The molecule has 1 amide bonds. The van der Waals surface area contributed by atoms with Gasteiger partial charge in [0.15, 0.2) is 5.78 Å². The van der Waals surface area contributed by atoms with Crippen LogP contribution in [-0.4, -0.2) is 36.8 Å². The van der Waals surface area contributed by atoms with Crippen molar-refractivity contribution < 1.29 is 35.9 Å². The Hall–Kier alpha value is -3.89. The number of aromatic nitrogens is 1. The van der Waals surface area contributed by atoms with Crippen molar-refractivity contribution in [2.75, 3.05) is 29.9 Å². The van der Waals surface area contributed by atoms with Gasteiger partial charge in [-0.05, 0) is 61.7 Å². The van der Waals surface area contributed by atoms with E-state index in [2.05, 4.69) is 4.98 Å². The number of carbonyl (C=O) groups excluding carboxylic acids is 2. The van der Waals surface area contributed by atoms with E-state index >= 15 is 0 Å². The number of pyridine rings is 1. The standard InChI is InChI=1S/C29H27F6N3O2/c1-17-7-5-6-8-22(17)23-14-25(38-10-9-21(39)16-38)36-15-24(23)37(4)26(40)27(2,3)18-11-19(28(30,31)32)13-20(12-18)29(33,34)35/h5-8,11-15H,9-10,16H2,1-4H3. The average Bonchev–Trinajstić information content (AvgIpc) is 3.32. The molecular formula is C29H27F6N3O2. The van der Waals surface area contributed by atoms with Crippen molar-refractivity contribution in [3.63, 3.8) is 0 Å². The fraction of sp³-hybridized carbons (Fsp3) is 0.345.